The largest absolute Gasteiger partial charge is 0.480 e. The highest BCUT2D eigenvalue weighted by Gasteiger charge is 2.16. The number of hydrogen-bond acceptors (Lipinski definition) is 4. The van der Waals surface area contributed by atoms with E-state index < -0.39 is 30.6 Å². The lowest BCUT2D eigenvalue weighted by Crippen LogP contribution is -2.44. The highest BCUT2D eigenvalue weighted by molar-refractivity contribution is 5.96. The number of aliphatic carboxylic acids is 1. The number of nitrogens with one attached hydrogen (secondary N) is 2. The Balaban J connectivity index is 3.88. The van der Waals surface area contributed by atoms with Gasteiger partial charge in [-0.25, -0.2) is 9.59 Å². The van der Waals surface area contributed by atoms with E-state index in [4.69, 9.17) is 5.11 Å². The van der Waals surface area contributed by atoms with Crippen LogP contribution in [0.15, 0.2) is 0 Å². The van der Waals surface area contributed by atoms with Crippen molar-refractivity contribution in [2.24, 2.45) is 0 Å². The van der Waals surface area contributed by atoms with Crippen LogP contribution in [-0.2, 0) is 14.3 Å². The predicted molar refractivity (Wildman–Crippen MR) is 50.3 cm³/mol. The molecule has 3 N–H and O–H groups in total. The predicted octanol–water partition coefficient (Wildman–Crippen LogP) is -0.678. The number of carboxylic acids is 1. The summed E-state index contributed by atoms with van der Waals surface area (Å²) in [5.41, 5.74) is 0. The third kappa shape index (κ3) is 6.44. The fraction of sp³-hybridized carbons (Fsp3) is 0.625. The van der Waals surface area contributed by atoms with Crippen molar-refractivity contribution in [2.45, 2.75) is 20.0 Å². The maximum Gasteiger partial charge on any atom is 0.329 e. The Morgan fingerprint density at radius 3 is 2.47 bits per heavy atom. The first-order valence-corrected chi connectivity index (χ1v) is 4.39. The van der Waals surface area contributed by atoms with Crippen molar-refractivity contribution in [3.05, 3.63) is 0 Å². The van der Waals surface area contributed by atoms with E-state index >= 15 is 0 Å². The topological polar surface area (TPSA) is 105 Å². The van der Waals surface area contributed by atoms with Crippen LogP contribution in [0, 0.1) is 0 Å². The van der Waals surface area contributed by atoms with E-state index in [-0.39, 0.29) is 0 Å². The van der Waals surface area contributed by atoms with Gasteiger partial charge in [-0.05, 0) is 13.8 Å². The van der Waals surface area contributed by atoms with Crippen LogP contribution < -0.4 is 10.6 Å². The molecule has 0 aliphatic rings. The van der Waals surface area contributed by atoms with Crippen molar-refractivity contribution in [1.82, 2.24) is 10.6 Å². The maximum atomic E-state index is 11.2. The molecule has 0 aromatic carbocycles. The van der Waals surface area contributed by atoms with Crippen LogP contribution in [0.25, 0.3) is 0 Å². The number of carbonyl (C=O) groups excluding carboxylic acids is 2. The smallest absolute Gasteiger partial charge is 0.329 e. The first-order chi connectivity index (χ1) is 6.97. The highest BCUT2D eigenvalue weighted by Crippen LogP contribution is 1.90. The second-order valence-electron chi connectivity index (χ2n) is 2.70. The molecule has 0 aromatic heterocycles. The van der Waals surface area contributed by atoms with Crippen LogP contribution in [0.4, 0.5) is 4.79 Å². The third-order valence-corrected chi connectivity index (χ3v) is 1.40. The van der Waals surface area contributed by atoms with Crippen LogP contribution in [0.2, 0.25) is 0 Å². The van der Waals surface area contributed by atoms with E-state index in [9.17, 15) is 14.4 Å². The molecule has 0 aromatic rings. The van der Waals surface area contributed by atoms with Crippen LogP contribution >= 0.6 is 0 Å². The molecule has 7 nitrogen and oxygen atoms in total. The van der Waals surface area contributed by atoms with Crippen LogP contribution in [0.5, 0.6) is 0 Å². The fourth-order valence-electron chi connectivity index (χ4n) is 0.690. The summed E-state index contributed by atoms with van der Waals surface area (Å²) in [4.78, 5) is 32.1. The zero-order valence-corrected chi connectivity index (χ0v) is 8.57. The molecule has 0 heterocycles. The van der Waals surface area contributed by atoms with Crippen LogP contribution in [-0.4, -0.2) is 42.3 Å². The van der Waals surface area contributed by atoms with E-state index in [1.165, 1.54) is 6.92 Å². The van der Waals surface area contributed by atoms with Gasteiger partial charge in [-0.2, -0.15) is 0 Å². The maximum absolute atomic E-state index is 11.2. The van der Waals surface area contributed by atoms with Crippen molar-refractivity contribution < 1.29 is 24.2 Å². The first kappa shape index (κ1) is 13.4. The van der Waals surface area contributed by atoms with E-state index in [1.54, 1.807) is 6.92 Å². The van der Waals surface area contributed by atoms with Gasteiger partial charge in [-0.1, -0.05) is 0 Å². The highest BCUT2D eigenvalue weighted by atomic mass is 16.5. The van der Waals surface area contributed by atoms with Gasteiger partial charge in [0.15, 0.2) is 0 Å². The Morgan fingerprint density at radius 1 is 1.40 bits per heavy atom. The molecule has 0 radical (unpaired) electrons. The summed E-state index contributed by atoms with van der Waals surface area (Å²) < 4.78 is 4.65. The molecule has 0 aliphatic heterocycles. The monoisotopic (exact) mass is 218 g/mol. The van der Waals surface area contributed by atoms with Crippen molar-refractivity contribution in [3.63, 3.8) is 0 Å². The lowest BCUT2D eigenvalue weighted by atomic mass is 10.4. The van der Waals surface area contributed by atoms with Crippen molar-refractivity contribution in [1.29, 1.82) is 0 Å². The first-order valence-electron chi connectivity index (χ1n) is 4.39. The lowest BCUT2D eigenvalue weighted by Gasteiger charge is -2.11. The molecule has 0 spiro atoms. The van der Waals surface area contributed by atoms with Crippen LogP contribution in [0.1, 0.15) is 13.8 Å². The Hall–Kier alpha value is -1.63. The number of rotatable bonds is 5. The lowest BCUT2D eigenvalue weighted by molar-refractivity contribution is -0.146. The van der Waals surface area contributed by atoms with E-state index in [2.05, 4.69) is 10.1 Å². The average Bonchev–Trinajstić information content (AvgIpc) is 2.14. The van der Waals surface area contributed by atoms with Gasteiger partial charge in [0.1, 0.15) is 12.7 Å². The molecule has 0 bridgehead atoms. The van der Waals surface area contributed by atoms with E-state index in [0.717, 1.165) is 0 Å². The quantitative estimate of drug-likeness (QED) is 0.567. The van der Waals surface area contributed by atoms with E-state index in [0.29, 0.717) is 6.54 Å². The Kier molecular flexibility index (Phi) is 6.03. The second-order valence-corrected chi connectivity index (χ2v) is 2.70. The Labute approximate surface area is 86.8 Å². The number of ether oxygens (including phenoxy) is 1. The molecule has 86 valence electrons. The van der Waals surface area contributed by atoms with Crippen molar-refractivity contribution >= 4 is 17.9 Å². The minimum Gasteiger partial charge on any atom is -0.480 e. The van der Waals surface area contributed by atoms with E-state index in [1.807, 2.05) is 5.32 Å². The van der Waals surface area contributed by atoms with Gasteiger partial charge in [0, 0.05) is 6.54 Å². The van der Waals surface area contributed by atoms with Gasteiger partial charge < -0.3 is 15.2 Å². The van der Waals surface area contributed by atoms with Gasteiger partial charge in [0.2, 0.25) is 0 Å². The summed E-state index contributed by atoms with van der Waals surface area (Å²) in [5.74, 6) is -1.85. The molecule has 0 fully saturated rings. The Morgan fingerprint density at radius 2 is 2.00 bits per heavy atom. The van der Waals surface area contributed by atoms with Gasteiger partial charge in [-0.3, -0.25) is 10.1 Å². The molecule has 0 saturated carbocycles. The van der Waals surface area contributed by atoms with Gasteiger partial charge in [0.25, 0.3) is 5.91 Å². The zero-order chi connectivity index (χ0) is 11.8. The summed E-state index contributed by atoms with van der Waals surface area (Å²) in [6.07, 6.45) is -0.983. The molecule has 1 atom stereocenters. The van der Waals surface area contributed by atoms with Gasteiger partial charge in [-0.15, -0.1) is 0 Å². The summed E-state index contributed by atoms with van der Waals surface area (Å²) >= 11 is 0. The standard InChI is InChI=1S/C8H14N2O5/c1-3-9-8(14)10-7(13)5(2)15-4-6(11)12/h5H,3-4H2,1-2H3,(H,11,12)(H2,9,10,13,14). The summed E-state index contributed by atoms with van der Waals surface area (Å²) in [5, 5.41) is 12.6. The summed E-state index contributed by atoms with van der Waals surface area (Å²) in [6, 6.07) is -0.631. The fourth-order valence-corrected chi connectivity index (χ4v) is 0.690. The molecule has 7 heteroatoms. The minimum atomic E-state index is -1.17. The molecular formula is C8H14N2O5. The van der Waals surface area contributed by atoms with Gasteiger partial charge >= 0.3 is 12.0 Å². The number of amides is 3. The third-order valence-electron chi connectivity index (χ3n) is 1.40. The van der Waals surface area contributed by atoms with Gasteiger partial charge in [0.05, 0.1) is 0 Å². The summed E-state index contributed by atoms with van der Waals surface area (Å²) in [7, 11) is 0. The molecule has 0 saturated heterocycles. The SMILES string of the molecule is CCNC(=O)NC(=O)C(C)OCC(=O)O. The molecule has 3 amide bonds. The molecule has 1 unspecified atom stereocenters. The number of carboxylic acid groups (broad SMARTS) is 1. The minimum absolute atomic E-state index is 0.392. The normalized spacial score (nSPS) is 11.6. The number of carbonyl (C=O) groups is 3. The average molecular weight is 218 g/mol. The molecule has 15 heavy (non-hydrogen) atoms. The number of urea groups is 1. The molecule has 0 rings (SSSR count). The molecule has 0 aliphatic carbocycles. The Bertz CT molecular complexity index is 253. The van der Waals surface area contributed by atoms with Crippen molar-refractivity contribution in [3.8, 4) is 0 Å². The number of imide groups is 1. The van der Waals surface area contributed by atoms with Crippen molar-refractivity contribution in [2.75, 3.05) is 13.2 Å². The summed E-state index contributed by atoms with van der Waals surface area (Å²) in [6.45, 7) is 2.87. The number of hydrogen-bond donors (Lipinski definition) is 3. The zero-order valence-electron chi connectivity index (χ0n) is 8.57. The molecular weight excluding hydrogens is 204 g/mol. The van der Waals surface area contributed by atoms with Crippen LogP contribution in [0.3, 0.4) is 0 Å². The second kappa shape index (κ2) is 6.77.